The first-order chi connectivity index (χ1) is 7.65. The standard InChI is InChI=1S/C12H20N2OS/c1-4-13-7-10(2)12(15)14(3)8-11-5-6-16-9-11/h5-6,9-10,13H,4,7-8H2,1-3H3. The molecule has 1 rings (SSSR count). The second-order valence-electron chi connectivity index (χ2n) is 4.03. The molecule has 1 unspecified atom stereocenters. The number of hydrogen-bond acceptors (Lipinski definition) is 3. The van der Waals surface area contributed by atoms with Crippen LogP contribution in [0.5, 0.6) is 0 Å². The summed E-state index contributed by atoms with van der Waals surface area (Å²) in [6, 6.07) is 2.06. The number of thiophene rings is 1. The van der Waals surface area contributed by atoms with Crippen molar-refractivity contribution in [2.45, 2.75) is 20.4 Å². The van der Waals surface area contributed by atoms with Gasteiger partial charge in [0.2, 0.25) is 5.91 Å². The molecule has 0 fully saturated rings. The molecule has 0 aliphatic carbocycles. The summed E-state index contributed by atoms with van der Waals surface area (Å²) in [6.07, 6.45) is 0. The molecule has 3 nitrogen and oxygen atoms in total. The lowest BCUT2D eigenvalue weighted by Gasteiger charge is -2.21. The van der Waals surface area contributed by atoms with Crippen LogP contribution in [0.4, 0.5) is 0 Å². The highest BCUT2D eigenvalue weighted by atomic mass is 32.1. The first-order valence-electron chi connectivity index (χ1n) is 5.62. The van der Waals surface area contributed by atoms with Crippen LogP contribution in [0.25, 0.3) is 0 Å². The van der Waals surface area contributed by atoms with Gasteiger partial charge in [0, 0.05) is 26.1 Å². The molecule has 1 N–H and O–H groups in total. The maximum Gasteiger partial charge on any atom is 0.226 e. The van der Waals surface area contributed by atoms with E-state index in [2.05, 4.69) is 16.8 Å². The second-order valence-corrected chi connectivity index (χ2v) is 4.81. The second kappa shape index (κ2) is 6.66. The summed E-state index contributed by atoms with van der Waals surface area (Å²) < 4.78 is 0. The molecular formula is C12H20N2OS. The van der Waals surface area contributed by atoms with E-state index in [4.69, 9.17) is 0 Å². The van der Waals surface area contributed by atoms with E-state index in [1.54, 1.807) is 16.2 Å². The molecule has 1 aromatic rings. The molecule has 1 amide bonds. The van der Waals surface area contributed by atoms with Gasteiger partial charge in [-0.05, 0) is 28.9 Å². The van der Waals surface area contributed by atoms with E-state index >= 15 is 0 Å². The third-order valence-electron chi connectivity index (χ3n) is 2.50. The van der Waals surface area contributed by atoms with Gasteiger partial charge < -0.3 is 10.2 Å². The average molecular weight is 240 g/mol. The van der Waals surface area contributed by atoms with Gasteiger partial charge in [-0.3, -0.25) is 4.79 Å². The van der Waals surface area contributed by atoms with Gasteiger partial charge in [-0.2, -0.15) is 11.3 Å². The van der Waals surface area contributed by atoms with Crippen LogP contribution in [0.2, 0.25) is 0 Å². The Kier molecular flexibility index (Phi) is 5.49. The van der Waals surface area contributed by atoms with Crippen LogP contribution in [-0.2, 0) is 11.3 Å². The quantitative estimate of drug-likeness (QED) is 0.824. The van der Waals surface area contributed by atoms with Crippen LogP contribution >= 0.6 is 11.3 Å². The lowest BCUT2D eigenvalue weighted by Crippen LogP contribution is -2.36. The Bertz CT molecular complexity index is 311. The van der Waals surface area contributed by atoms with Crippen molar-refractivity contribution in [3.05, 3.63) is 22.4 Å². The largest absolute Gasteiger partial charge is 0.341 e. The minimum Gasteiger partial charge on any atom is -0.341 e. The van der Waals surface area contributed by atoms with Gasteiger partial charge in [-0.25, -0.2) is 0 Å². The minimum absolute atomic E-state index is 0.0450. The van der Waals surface area contributed by atoms with Gasteiger partial charge in [-0.1, -0.05) is 13.8 Å². The smallest absolute Gasteiger partial charge is 0.226 e. The van der Waals surface area contributed by atoms with Gasteiger partial charge in [0.25, 0.3) is 0 Å². The molecule has 0 bridgehead atoms. The Morgan fingerprint density at radius 3 is 2.94 bits per heavy atom. The van der Waals surface area contributed by atoms with Crippen LogP contribution in [0, 0.1) is 5.92 Å². The van der Waals surface area contributed by atoms with Crippen LogP contribution in [0.1, 0.15) is 19.4 Å². The van der Waals surface area contributed by atoms with Crippen molar-refractivity contribution in [2.24, 2.45) is 5.92 Å². The Morgan fingerprint density at radius 2 is 2.38 bits per heavy atom. The molecule has 4 heteroatoms. The van der Waals surface area contributed by atoms with Crippen molar-refractivity contribution in [3.8, 4) is 0 Å². The number of carbonyl (C=O) groups excluding carboxylic acids is 1. The fourth-order valence-electron chi connectivity index (χ4n) is 1.56. The maximum atomic E-state index is 12.0. The summed E-state index contributed by atoms with van der Waals surface area (Å²) in [4.78, 5) is 13.8. The van der Waals surface area contributed by atoms with E-state index in [0.717, 1.165) is 13.1 Å². The highest BCUT2D eigenvalue weighted by Gasteiger charge is 2.16. The van der Waals surface area contributed by atoms with E-state index in [9.17, 15) is 4.79 Å². The Morgan fingerprint density at radius 1 is 1.62 bits per heavy atom. The average Bonchev–Trinajstić information content (AvgIpc) is 2.77. The Balaban J connectivity index is 2.41. The number of nitrogens with zero attached hydrogens (tertiary/aromatic N) is 1. The Hall–Kier alpha value is -0.870. The molecule has 0 radical (unpaired) electrons. The summed E-state index contributed by atoms with van der Waals surface area (Å²) in [7, 11) is 1.86. The number of carbonyl (C=O) groups is 1. The number of rotatable bonds is 6. The Labute approximate surface area is 101 Å². The zero-order valence-corrected chi connectivity index (χ0v) is 11.0. The van der Waals surface area contributed by atoms with Crippen molar-refractivity contribution in [1.82, 2.24) is 10.2 Å². The van der Waals surface area contributed by atoms with Crippen LogP contribution in [0.15, 0.2) is 16.8 Å². The number of amides is 1. The van der Waals surface area contributed by atoms with Crippen molar-refractivity contribution in [1.29, 1.82) is 0 Å². The van der Waals surface area contributed by atoms with Crippen molar-refractivity contribution in [2.75, 3.05) is 20.1 Å². The molecule has 1 atom stereocenters. The predicted octanol–water partition coefficient (Wildman–Crippen LogP) is 1.95. The molecule has 1 aromatic heterocycles. The van der Waals surface area contributed by atoms with Gasteiger partial charge in [0.05, 0.1) is 0 Å². The minimum atomic E-state index is 0.0450. The molecular weight excluding hydrogens is 220 g/mol. The molecule has 0 saturated carbocycles. The molecule has 90 valence electrons. The lowest BCUT2D eigenvalue weighted by molar-refractivity contribution is -0.134. The SMILES string of the molecule is CCNCC(C)C(=O)N(C)Cc1ccsc1. The van der Waals surface area contributed by atoms with Crippen molar-refractivity contribution in [3.63, 3.8) is 0 Å². The first kappa shape index (κ1) is 13.2. The fourth-order valence-corrected chi connectivity index (χ4v) is 2.22. The summed E-state index contributed by atoms with van der Waals surface area (Å²) >= 11 is 1.67. The molecule has 0 spiro atoms. The third kappa shape index (κ3) is 3.94. The summed E-state index contributed by atoms with van der Waals surface area (Å²) in [5, 5.41) is 7.32. The zero-order chi connectivity index (χ0) is 12.0. The molecule has 0 aliphatic rings. The predicted molar refractivity (Wildman–Crippen MR) is 68.5 cm³/mol. The molecule has 16 heavy (non-hydrogen) atoms. The monoisotopic (exact) mass is 240 g/mol. The van der Waals surface area contributed by atoms with Crippen molar-refractivity contribution >= 4 is 17.2 Å². The number of hydrogen-bond donors (Lipinski definition) is 1. The summed E-state index contributed by atoms with van der Waals surface area (Å²) in [6.45, 7) is 6.38. The van der Waals surface area contributed by atoms with E-state index in [1.165, 1.54) is 5.56 Å². The normalized spacial score (nSPS) is 12.4. The highest BCUT2D eigenvalue weighted by molar-refractivity contribution is 7.07. The van der Waals surface area contributed by atoms with E-state index in [-0.39, 0.29) is 11.8 Å². The first-order valence-corrected chi connectivity index (χ1v) is 6.56. The number of nitrogens with one attached hydrogen (secondary N) is 1. The van der Waals surface area contributed by atoms with Crippen LogP contribution in [-0.4, -0.2) is 30.9 Å². The van der Waals surface area contributed by atoms with E-state index in [0.29, 0.717) is 6.54 Å². The molecule has 0 aromatic carbocycles. The van der Waals surface area contributed by atoms with E-state index < -0.39 is 0 Å². The highest BCUT2D eigenvalue weighted by Crippen LogP contribution is 2.10. The molecule has 0 saturated heterocycles. The van der Waals surface area contributed by atoms with Gasteiger partial charge >= 0.3 is 0 Å². The van der Waals surface area contributed by atoms with Gasteiger partial charge in [-0.15, -0.1) is 0 Å². The zero-order valence-electron chi connectivity index (χ0n) is 10.2. The lowest BCUT2D eigenvalue weighted by atomic mass is 10.1. The summed E-state index contributed by atoms with van der Waals surface area (Å²) in [5.41, 5.74) is 1.21. The van der Waals surface area contributed by atoms with Gasteiger partial charge in [0.15, 0.2) is 0 Å². The fraction of sp³-hybridized carbons (Fsp3) is 0.583. The molecule has 1 heterocycles. The third-order valence-corrected chi connectivity index (χ3v) is 3.23. The van der Waals surface area contributed by atoms with E-state index in [1.807, 2.05) is 26.3 Å². The van der Waals surface area contributed by atoms with Gasteiger partial charge in [0.1, 0.15) is 0 Å². The van der Waals surface area contributed by atoms with Crippen molar-refractivity contribution < 1.29 is 4.79 Å². The molecule has 0 aliphatic heterocycles. The van der Waals surface area contributed by atoms with Crippen LogP contribution < -0.4 is 5.32 Å². The maximum absolute atomic E-state index is 12.0. The van der Waals surface area contributed by atoms with Crippen LogP contribution in [0.3, 0.4) is 0 Å². The summed E-state index contributed by atoms with van der Waals surface area (Å²) in [5.74, 6) is 0.246. The topological polar surface area (TPSA) is 32.3 Å².